The number of rotatable bonds is 10. The molecular weight excluding hydrogens is 432 g/mol. The van der Waals surface area contributed by atoms with Crippen LogP contribution in [0.2, 0.25) is 0 Å². The number of nitrogens with zero attached hydrogens (tertiary/aromatic N) is 1. The zero-order valence-corrected chi connectivity index (χ0v) is 19.7. The van der Waals surface area contributed by atoms with Gasteiger partial charge in [-0.2, -0.15) is 11.8 Å². The fraction of sp³-hybridized carbons (Fsp3) is 0.435. The predicted octanol–water partition coefficient (Wildman–Crippen LogP) is 3.99. The van der Waals surface area contributed by atoms with Gasteiger partial charge in [0, 0.05) is 17.5 Å². The molecule has 0 saturated heterocycles. The summed E-state index contributed by atoms with van der Waals surface area (Å²) in [5.41, 5.74) is 1.29. The third-order valence-electron chi connectivity index (χ3n) is 5.33. The van der Waals surface area contributed by atoms with Crippen LogP contribution in [0.15, 0.2) is 53.4 Å². The van der Waals surface area contributed by atoms with Gasteiger partial charge in [-0.1, -0.05) is 42.7 Å². The summed E-state index contributed by atoms with van der Waals surface area (Å²) in [6.07, 6.45) is 5.06. The number of carbonyl (C=O) groups is 1. The van der Waals surface area contributed by atoms with E-state index in [-0.39, 0.29) is 17.3 Å². The minimum absolute atomic E-state index is 0.133. The van der Waals surface area contributed by atoms with E-state index in [1.54, 1.807) is 48.5 Å². The van der Waals surface area contributed by atoms with Crippen molar-refractivity contribution < 1.29 is 17.9 Å². The Morgan fingerprint density at radius 3 is 2.48 bits per heavy atom. The highest BCUT2D eigenvalue weighted by atomic mass is 32.2. The normalized spacial score (nSPS) is 14.4. The van der Waals surface area contributed by atoms with E-state index in [0.29, 0.717) is 23.2 Å². The van der Waals surface area contributed by atoms with Gasteiger partial charge >= 0.3 is 0 Å². The second kappa shape index (κ2) is 10.9. The topological polar surface area (TPSA) is 75.7 Å². The van der Waals surface area contributed by atoms with Gasteiger partial charge in [0.05, 0.1) is 17.7 Å². The fourth-order valence-electron chi connectivity index (χ4n) is 3.63. The van der Waals surface area contributed by atoms with Crippen LogP contribution < -0.4 is 14.4 Å². The van der Waals surface area contributed by atoms with E-state index in [1.165, 1.54) is 32.8 Å². The molecule has 6 nitrogen and oxygen atoms in total. The van der Waals surface area contributed by atoms with Crippen molar-refractivity contribution in [1.29, 1.82) is 0 Å². The van der Waals surface area contributed by atoms with Crippen molar-refractivity contribution in [3.05, 3.63) is 54.1 Å². The van der Waals surface area contributed by atoms with Crippen molar-refractivity contribution in [3.8, 4) is 5.75 Å². The lowest BCUT2D eigenvalue weighted by Gasteiger charge is -2.25. The number of sulfonamides is 1. The maximum absolute atomic E-state index is 13.4. The largest absolute Gasteiger partial charge is 0.495 e. The highest BCUT2D eigenvalue weighted by Crippen LogP contribution is 2.32. The first-order valence-corrected chi connectivity index (χ1v) is 13.0. The number of amides is 1. The molecule has 1 fully saturated rings. The van der Waals surface area contributed by atoms with Crippen LogP contribution in [-0.2, 0) is 14.8 Å². The van der Waals surface area contributed by atoms with E-state index in [9.17, 15) is 13.2 Å². The van der Waals surface area contributed by atoms with Crippen LogP contribution in [0.3, 0.4) is 0 Å². The van der Waals surface area contributed by atoms with Gasteiger partial charge in [-0.25, -0.2) is 8.42 Å². The summed E-state index contributed by atoms with van der Waals surface area (Å²) in [6.45, 7) is 2.10. The molecular formula is C23H30N2O4S2. The first kappa shape index (κ1) is 23.5. The Balaban J connectivity index is 1.75. The smallest absolute Gasteiger partial charge is 0.264 e. The van der Waals surface area contributed by atoms with Gasteiger partial charge in [0.25, 0.3) is 10.0 Å². The van der Waals surface area contributed by atoms with Gasteiger partial charge < -0.3 is 10.1 Å². The Bertz CT molecular complexity index is 971. The summed E-state index contributed by atoms with van der Waals surface area (Å²) >= 11 is 1.88. The maximum Gasteiger partial charge on any atom is 0.264 e. The van der Waals surface area contributed by atoms with E-state index in [1.807, 2.05) is 18.7 Å². The van der Waals surface area contributed by atoms with Gasteiger partial charge in [-0.3, -0.25) is 9.10 Å². The third kappa shape index (κ3) is 6.17. The second-order valence-electron chi connectivity index (χ2n) is 7.62. The van der Waals surface area contributed by atoms with Gasteiger partial charge in [-0.15, -0.1) is 0 Å². The van der Waals surface area contributed by atoms with Crippen LogP contribution in [0.4, 0.5) is 5.69 Å². The molecule has 0 unspecified atom stereocenters. The van der Waals surface area contributed by atoms with E-state index in [2.05, 4.69) is 5.32 Å². The van der Waals surface area contributed by atoms with Crippen LogP contribution in [0.1, 0.15) is 31.2 Å². The molecule has 2 aromatic rings. The lowest BCUT2D eigenvalue weighted by atomic mass is 10.2. The Labute approximate surface area is 189 Å². The number of aryl methyl sites for hydroxylation is 1. The number of ether oxygens (including phenoxy) is 1. The van der Waals surface area contributed by atoms with Crippen molar-refractivity contribution in [3.63, 3.8) is 0 Å². The molecule has 1 aliphatic rings. The zero-order valence-electron chi connectivity index (χ0n) is 18.0. The van der Waals surface area contributed by atoms with E-state index in [4.69, 9.17) is 4.74 Å². The molecule has 0 spiro atoms. The third-order valence-corrected chi connectivity index (χ3v) is 8.49. The van der Waals surface area contributed by atoms with Crippen LogP contribution in [0.25, 0.3) is 0 Å². The molecule has 0 aliphatic heterocycles. The number of hydrogen-bond donors (Lipinski definition) is 1. The quantitative estimate of drug-likeness (QED) is 0.541. The monoisotopic (exact) mass is 462 g/mol. The van der Waals surface area contributed by atoms with Crippen molar-refractivity contribution in [1.82, 2.24) is 5.32 Å². The molecule has 1 N–H and O–H groups in total. The minimum Gasteiger partial charge on any atom is -0.495 e. The Hall–Kier alpha value is -2.19. The van der Waals surface area contributed by atoms with Crippen LogP contribution in [0.5, 0.6) is 5.75 Å². The first-order valence-electron chi connectivity index (χ1n) is 10.5. The van der Waals surface area contributed by atoms with Gasteiger partial charge in [0.2, 0.25) is 5.91 Å². The number of carbonyl (C=O) groups excluding carboxylic acids is 1. The maximum atomic E-state index is 13.4. The average Bonchev–Trinajstić information content (AvgIpc) is 3.29. The molecule has 2 aromatic carbocycles. The molecule has 1 saturated carbocycles. The summed E-state index contributed by atoms with van der Waals surface area (Å²) in [4.78, 5) is 12.8. The predicted molar refractivity (Wildman–Crippen MR) is 126 cm³/mol. The summed E-state index contributed by atoms with van der Waals surface area (Å²) in [7, 11) is -2.47. The number of anilines is 1. The Kier molecular flexibility index (Phi) is 8.26. The molecule has 0 aromatic heterocycles. The van der Waals surface area contributed by atoms with Crippen molar-refractivity contribution >= 4 is 33.4 Å². The van der Waals surface area contributed by atoms with Crippen LogP contribution in [-0.4, -0.2) is 45.5 Å². The van der Waals surface area contributed by atoms with E-state index >= 15 is 0 Å². The second-order valence-corrected chi connectivity index (χ2v) is 10.9. The summed E-state index contributed by atoms with van der Waals surface area (Å²) in [5.74, 6) is 0.881. The van der Waals surface area contributed by atoms with E-state index in [0.717, 1.165) is 15.6 Å². The lowest BCUT2D eigenvalue weighted by molar-refractivity contribution is -0.119. The van der Waals surface area contributed by atoms with Gasteiger partial charge in [0.1, 0.15) is 12.3 Å². The van der Waals surface area contributed by atoms with Gasteiger partial charge in [-0.05, 0) is 44.0 Å². The van der Waals surface area contributed by atoms with Crippen molar-refractivity contribution in [2.45, 2.75) is 42.8 Å². The average molecular weight is 463 g/mol. The highest BCUT2D eigenvalue weighted by Gasteiger charge is 2.29. The minimum atomic E-state index is -3.95. The number of hydrogen-bond acceptors (Lipinski definition) is 5. The Morgan fingerprint density at radius 1 is 1.13 bits per heavy atom. The number of thioether (sulfide) groups is 1. The van der Waals surface area contributed by atoms with Crippen LogP contribution in [0, 0.1) is 6.92 Å². The number of nitrogens with one attached hydrogen (secondary N) is 1. The molecule has 1 amide bonds. The molecule has 3 rings (SSSR count). The molecule has 0 atom stereocenters. The standard InChI is InChI=1S/C23H30N2O4S2/c1-18-11-13-20(14-12-18)31(27,28)25(21-9-5-6-10-22(21)29-2)17-23(26)24-15-16-30-19-7-3-4-8-19/h5-6,9-14,19H,3-4,7-8,15-17H2,1-2H3,(H,24,26). The molecule has 8 heteroatoms. The summed E-state index contributed by atoms with van der Waals surface area (Å²) in [5, 5.41) is 3.55. The number of benzene rings is 2. The molecule has 1 aliphatic carbocycles. The Morgan fingerprint density at radius 2 is 1.81 bits per heavy atom. The highest BCUT2D eigenvalue weighted by molar-refractivity contribution is 7.99. The molecule has 168 valence electrons. The number of para-hydroxylation sites is 2. The molecule has 0 radical (unpaired) electrons. The van der Waals surface area contributed by atoms with Crippen molar-refractivity contribution in [2.75, 3.05) is 30.3 Å². The van der Waals surface area contributed by atoms with Crippen LogP contribution >= 0.6 is 11.8 Å². The van der Waals surface area contributed by atoms with Gasteiger partial charge in [0.15, 0.2) is 0 Å². The van der Waals surface area contributed by atoms with Crippen molar-refractivity contribution in [2.24, 2.45) is 0 Å². The van der Waals surface area contributed by atoms with E-state index < -0.39 is 10.0 Å². The number of methoxy groups -OCH3 is 1. The molecule has 31 heavy (non-hydrogen) atoms. The first-order chi connectivity index (χ1) is 14.9. The molecule has 0 bridgehead atoms. The SMILES string of the molecule is COc1ccccc1N(CC(=O)NCCSC1CCCC1)S(=O)(=O)c1ccc(C)cc1. The fourth-order valence-corrected chi connectivity index (χ4v) is 6.28. The lowest BCUT2D eigenvalue weighted by Crippen LogP contribution is -2.41. The zero-order chi connectivity index (χ0) is 22.3. The summed E-state index contributed by atoms with van der Waals surface area (Å²) in [6, 6.07) is 13.4. The summed E-state index contributed by atoms with van der Waals surface area (Å²) < 4.78 is 33.4. The molecule has 0 heterocycles.